The van der Waals surface area contributed by atoms with E-state index in [4.69, 9.17) is 4.74 Å². The molecule has 1 fully saturated rings. The zero-order valence-electron chi connectivity index (χ0n) is 10.3. The molecule has 15 heavy (non-hydrogen) atoms. The lowest BCUT2D eigenvalue weighted by molar-refractivity contribution is 0.0712. The molecule has 0 spiro atoms. The Bertz CT molecular complexity index is 158. The molecule has 0 saturated carbocycles. The van der Waals surface area contributed by atoms with Crippen LogP contribution in [0, 0.1) is 0 Å². The highest BCUT2D eigenvalue weighted by atomic mass is 16.5. The van der Waals surface area contributed by atoms with Gasteiger partial charge in [-0.2, -0.15) is 0 Å². The summed E-state index contributed by atoms with van der Waals surface area (Å²) in [4.78, 5) is 2.20. The van der Waals surface area contributed by atoms with Gasteiger partial charge in [0.2, 0.25) is 0 Å². The maximum absolute atomic E-state index is 5.43. The van der Waals surface area contributed by atoms with Gasteiger partial charge in [0.25, 0.3) is 0 Å². The van der Waals surface area contributed by atoms with Gasteiger partial charge in [0.15, 0.2) is 0 Å². The van der Waals surface area contributed by atoms with Crippen LogP contribution >= 0.6 is 0 Å². The van der Waals surface area contributed by atoms with Gasteiger partial charge in [0, 0.05) is 31.7 Å². The average Bonchev–Trinajstić information content (AvgIpc) is 2.18. The third kappa shape index (κ3) is 6.10. The first-order chi connectivity index (χ1) is 7.18. The zero-order chi connectivity index (χ0) is 11.1. The monoisotopic (exact) mass is 215 g/mol. The predicted molar refractivity (Wildman–Crippen MR) is 63.2 cm³/mol. The van der Waals surface area contributed by atoms with E-state index in [0.717, 1.165) is 39.3 Å². The number of ether oxygens (including phenoxy) is 1. The van der Waals surface area contributed by atoms with Crippen LogP contribution in [0.4, 0.5) is 0 Å². The van der Waals surface area contributed by atoms with Crippen LogP contribution < -0.4 is 10.6 Å². The smallest absolute Gasteiger partial charge is 0.0620 e. The minimum atomic E-state index is 0.528. The van der Waals surface area contributed by atoms with E-state index in [9.17, 15) is 0 Å². The molecule has 0 radical (unpaired) electrons. The first kappa shape index (κ1) is 12.9. The molecule has 0 aromatic carbocycles. The second-order valence-electron chi connectivity index (χ2n) is 4.62. The maximum Gasteiger partial charge on any atom is 0.0620 e. The Morgan fingerprint density at radius 2 is 2.33 bits per heavy atom. The summed E-state index contributed by atoms with van der Waals surface area (Å²) in [5.41, 5.74) is 0. The summed E-state index contributed by atoms with van der Waals surface area (Å²) in [5.74, 6) is 0. The lowest BCUT2D eigenvalue weighted by Gasteiger charge is -2.27. The topological polar surface area (TPSA) is 36.5 Å². The van der Waals surface area contributed by atoms with E-state index in [1.54, 1.807) is 0 Å². The summed E-state index contributed by atoms with van der Waals surface area (Å²) < 4.78 is 5.43. The number of likely N-dealkylation sites (N-methyl/N-ethyl adjacent to an activating group) is 1. The van der Waals surface area contributed by atoms with Crippen LogP contribution in [0.1, 0.15) is 13.3 Å². The highest BCUT2D eigenvalue weighted by Gasteiger charge is 2.15. The van der Waals surface area contributed by atoms with Crippen LogP contribution in [0.15, 0.2) is 0 Å². The van der Waals surface area contributed by atoms with Crippen LogP contribution in [0.2, 0.25) is 0 Å². The summed E-state index contributed by atoms with van der Waals surface area (Å²) in [6.07, 6.45) is 1.15. The predicted octanol–water partition coefficient (Wildman–Crippen LogP) is -0.0954. The lowest BCUT2D eigenvalue weighted by Crippen LogP contribution is -2.45. The highest BCUT2D eigenvalue weighted by molar-refractivity contribution is 4.75. The van der Waals surface area contributed by atoms with E-state index in [-0.39, 0.29) is 0 Å². The van der Waals surface area contributed by atoms with Gasteiger partial charge in [-0.15, -0.1) is 0 Å². The third-order valence-electron chi connectivity index (χ3n) is 2.69. The highest BCUT2D eigenvalue weighted by Crippen LogP contribution is 2.02. The van der Waals surface area contributed by atoms with Gasteiger partial charge in [-0.05, 0) is 27.4 Å². The summed E-state index contributed by atoms with van der Waals surface area (Å²) in [6, 6.07) is 1.09. The largest absolute Gasteiger partial charge is 0.379 e. The molecule has 0 bridgehead atoms. The fourth-order valence-corrected chi connectivity index (χ4v) is 1.82. The van der Waals surface area contributed by atoms with Gasteiger partial charge in [0.05, 0.1) is 13.2 Å². The van der Waals surface area contributed by atoms with E-state index >= 15 is 0 Å². The second-order valence-corrected chi connectivity index (χ2v) is 4.62. The summed E-state index contributed by atoms with van der Waals surface area (Å²) in [5, 5.41) is 7.00. The van der Waals surface area contributed by atoms with Crippen LogP contribution in [-0.4, -0.2) is 63.9 Å². The number of hydrogen-bond donors (Lipinski definition) is 2. The average molecular weight is 215 g/mol. The molecule has 0 aromatic heterocycles. The van der Waals surface area contributed by atoms with Crippen molar-refractivity contribution in [1.82, 2.24) is 15.5 Å². The van der Waals surface area contributed by atoms with Crippen molar-refractivity contribution in [2.45, 2.75) is 25.4 Å². The number of rotatable bonds is 6. The normalized spacial score (nSPS) is 24.4. The number of nitrogens with one attached hydrogen (secondary N) is 2. The minimum absolute atomic E-state index is 0.528. The molecule has 2 unspecified atom stereocenters. The molecule has 4 nitrogen and oxygen atoms in total. The van der Waals surface area contributed by atoms with Crippen molar-refractivity contribution in [2.24, 2.45) is 0 Å². The lowest BCUT2D eigenvalue weighted by atomic mass is 10.1. The molecule has 1 aliphatic heterocycles. The van der Waals surface area contributed by atoms with Crippen molar-refractivity contribution in [1.29, 1.82) is 0 Å². The Labute approximate surface area is 93.4 Å². The van der Waals surface area contributed by atoms with Crippen molar-refractivity contribution < 1.29 is 4.74 Å². The quantitative estimate of drug-likeness (QED) is 0.649. The molecular formula is C11H25N3O. The molecule has 1 saturated heterocycles. The van der Waals surface area contributed by atoms with Crippen LogP contribution in [0.5, 0.6) is 0 Å². The Kier molecular flexibility index (Phi) is 6.17. The van der Waals surface area contributed by atoms with E-state index < -0.39 is 0 Å². The van der Waals surface area contributed by atoms with Gasteiger partial charge < -0.3 is 20.3 Å². The Hall–Kier alpha value is -0.160. The van der Waals surface area contributed by atoms with Crippen molar-refractivity contribution in [3.63, 3.8) is 0 Å². The third-order valence-corrected chi connectivity index (χ3v) is 2.69. The molecular weight excluding hydrogens is 190 g/mol. The summed E-state index contributed by atoms with van der Waals surface area (Å²) in [6.45, 7) is 7.11. The molecule has 1 rings (SSSR count). The fourth-order valence-electron chi connectivity index (χ4n) is 1.82. The summed E-state index contributed by atoms with van der Waals surface area (Å²) in [7, 11) is 4.20. The molecule has 1 heterocycles. The Morgan fingerprint density at radius 3 is 2.93 bits per heavy atom. The first-order valence-electron chi connectivity index (χ1n) is 5.87. The molecule has 0 aliphatic carbocycles. The van der Waals surface area contributed by atoms with E-state index in [1.807, 2.05) is 0 Å². The van der Waals surface area contributed by atoms with E-state index in [0.29, 0.717) is 12.1 Å². The van der Waals surface area contributed by atoms with Gasteiger partial charge in [0.1, 0.15) is 0 Å². The number of nitrogens with zero attached hydrogens (tertiary/aromatic N) is 1. The van der Waals surface area contributed by atoms with Gasteiger partial charge in [-0.25, -0.2) is 0 Å². The summed E-state index contributed by atoms with van der Waals surface area (Å²) >= 11 is 0. The number of morpholine rings is 1. The zero-order valence-corrected chi connectivity index (χ0v) is 10.3. The number of hydrogen-bond acceptors (Lipinski definition) is 4. The second kappa shape index (κ2) is 7.17. The van der Waals surface area contributed by atoms with Crippen molar-refractivity contribution in [3.8, 4) is 0 Å². The molecule has 0 aromatic rings. The van der Waals surface area contributed by atoms with Gasteiger partial charge in [-0.1, -0.05) is 0 Å². The Balaban J connectivity index is 2.03. The Morgan fingerprint density at radius 1 is 1.53 bits per heavy atom. The first-order valence-corrected chi connectivity index (χ1v) is 5.87. The van der Waals surface area contributed by atoms with Crippen molar-refractivity contribution in [3.05, 3.63) is 0 Å². The molecule has 4 heteroatoms. The van der Waals surface area contributed by atoms with Crippen LogP contribution in [0.25, 0.3) is 0 Å². The SMILES string of the molecule is CC(CC1COCCN1)NCCN(C)C. The van der Waals surface area contributed by atoms with E-state index in [2.05, 4.69) is 36.6 Å². The van der Waals surface area contributed by atoms with Gasteiger partial charge in [-0.3, -0.25) is 0 Å². The van der Waals surface area contributed by atoms with Crippen LogP contribution in [0.3, 0.4) is 0 Å². The maximum atomic E-state index is 5.43. The van der Waals surface area contributed by atoms with E-state index in [1.165, 1.54) is 0 Å². The molecule has 90 valence electrons. The molecule has 2 N–H and O–H groups in total. The minimum Gasteiger partial charge on any atom is -0.379 e. The molecule has 1 aliphatic rings. The van der Waals surface area contributed by atoms with Gasteiger partial charge >= 0.3 is 0 Å². The van der Waals surface area contributed by atoms with Crippen LogP contribution in [-0.2, 0) is 4.74 Å². The van der Waals surface area contributed by atoms with Crippen molar-refractivity contribution in [2.75, 3.05) is 46.9 Å². The van der Waals surface area contributed by atoms with Crippen molar-refractivity contribution >= 4 is 0 Å². The molecule has 0 amide bonds. The standard InChI is InChI=1S/C11H25N3O/c1-10(12-4-6-14(2)3)8-11-9-15-7-5-13-11/h10-13H,4-9H2,1-3H3. The molecule has 2 atom stereocenters. The fraction of sp³-hybridized carbons (Fsp3) is 1.00.